The fraction of sp³-hybridized carbons (Fsp3) is 1.00. The molecule has 0 aromatic heterocycles. The summed E-state index contributed by atoms with van der Waals surface area (Å²) in [6, 6.07) is 0. The van der Waals surface area contributed by atoms with Crippen LogP contribution < -0.4 is 5.90 Å². The number of nitrogens with zero attached hydrogens (tertiary/aromatic N) is 3. The molecule has 2 N–H and O–H groups in total. The van der Waals surface area contributed by atoms with E-state index in [-0.39, 0.29) is 0 Å². The second-order valence-electron chi connectivity index (χ2n) is 0.633. The van der Waals surface area contributed by atoms with Gasteiger partial charge in [-0.15, -0.1) is 0 Å². The topological polar surface area (TPSA) is 84.0 Å². The van der Waals surface area contributed by atoms with Gasteiger partial charge in [-0.1, -0.05) is 11.6 Å². The smallest absolute Gasteiger partial charge is 0.230 e. The highest BCUT2D eigenvalue weighted by Crippen LogP contribution is 1.93. The predicted octanol–water partition coefficient (Wildman–Crippen LogP) is 0.709. The maximum absolute atomic E-state index is 7.61. The summed E-state index contributed by atoms with van der Waals surface area (Å²) in [4.78, 5) is 6.13. The van der Waals surface area contributed by atoms with Gasteiger partial charge >= 0.3 is 0 Å². The van der Waals surface area contributed by atoms with Crippen LogP contribution in [0.4, 0.5) is 0 Å². The Morgan fingerprint density at radius 3 is 2.71 bits per heavy atom. The van der Waals surface area contributed by atoms with Crippen molar-refractivity contribution in [2.75, 3.05) is 0 Å². The summed E-state index contributed by atoms with van der Waals surface area (Å²) in [6.45, 7) is 0. The van der Waals surface area contributed by atoms with E-state index in [1.54, 1.807) is 0 Å². The van der Waals surface area contributed by atoms with Crippen molar-refractivity contribution < 1.29 is 4.84 Å². The molecule has 1 atom stereocenters. The molecule has 7 heavy (non-hydrogen) atoms. The van der Waals surface area contributed by atoms with Gasteiger partial charge in [0.2, 0.25) is 5.69 Å². The highest BCUT2D eigenvalue weighted by Gasteiger charge is 1.92. The van der Waals surface area contributed by atoms with Crippen LogP contribution in [-0.2, 0) is 4.84 Å². The van der Waals surface area contributed by atoms with Crippen LogP contribution in [0.1, 0.15) is 0 Å². The zero-order valence-corrected chi connectivity index (χ0v) is 4.04. The summed E-state index contributed by atoms with van der Waals surface area (Å²) in [6.07, 6.45) is 0. The van der Waals surface area contributed by atoms with Gasteiger partial charge in [-0.05, 0) is 10.6 Å². The van der Waals surface area contributed by atoms with Crippen LogP contribution in [0.3, 0.4) is 0 Å². The fourth-order valence-corrected chi connectivity index (χ4v) is 0.107. The summed E-state index contributed by atoms with van der Waals surface area (Å²) >= 11 is 5.00. The van der Waals surface area contributed by atoms with Crippen LogP contribution in [0.15, 0.2) is 5.11 Å². The van der Waals surface area contributed by atoms with E-state index in [0.717, 1.165) is 0 Å². The largest absolute Gasteiger partial charge is 0.279 e. The molecule has 0 aromatic carbocycles. The Balaban J connectivity index is 3.35. The first-order valence-electron chi connectivity index (χ1n) is 1.35. The van der Waals surface area contributed by atoms with Crippen molar-refractivity contribution in [2.45, 2.75) is 5.69 Å². The fourth-order valence-electron chi connectivity index (χ4n) is 0.0678. The van der Waals surface area contributed by atoms with E-state index in [0.29, 0.717) is 0 Å². The highest BCUT2D eigenvalue weighted by molar-refractivity contribution is 6.19. The quantitative estimate of drug-likeness (QED) is 0.146. The molecule has 0 radical (unpaired) electrons. The first-order valence-corrected chi connectivity index (χ1v) is 1.78. The van der Waals surface area contributed by atoms with Crippen molar-refractivity contribution in [2.24, 2.45) is 11.0 Å². The molecular weight excluding hydrogens is 119 g/mol. The zero-order valence-electron chi connectivity index (χ0n) is 3.28. The van der Waals surface area contributed by atoms with E-state index in [9.17, 15) is 0 Å². The molecule has 0 heterocycles. The second-order valence-corrected chi connectivity index (χ2v) is 1.01. The van der Waals surface area contributed by atoms with Gasteiger partial charge in [-0.3, -0.25) is 4.84 Å². The summed E-state index contributed by atoms with van der Waals surface area (Å²) in [5.41, 5.74) is 6.51. The van der Waals surface area contributed by atoms with Gasteiger partial charge in [0.15, 0.2) is 0 Å². The second kappa shape index (κ2) is 3.70. The monoisotopic (exact) mass is 122 g/mol. The Labute approximate surface area is 44.6 Å². The van der Waals surface area contributed by atoms with E-state index in [1.807, 2.05) is 0 Å². The van der Waals surface area contributed by atoms with E-state index in [1.165, 1.54) is 0 Å². The van der Waals surface area contributed by atoms with Crippen molar-refractivity contribution in [3.63, 3.8) is 0 Å². The molecule has 0 saturated carbocycles. The lowest BCUT2D eigenvalue weighted by Gasteiger charge is -1.91. The summed E-state index contributed by atoms with van der Waals surface area (Å²) < 4.78 is 0. The van der Waals surface area contributed by atoms with Crippen molar-refractivity contribution in [1.29, 1.82) is 0 Å². The minimum absolute atomic E-state index is 1.09. The summed E-state index contributed by atoms with van der Waals surface area (Å²) in [7, 11) is 0. The van der Waals surface area contributed by atoms with Crippen LogP contribution in [0.25, 0.3) is 10.4 Å². The van der Waals surface area contributed by atoms with Gasteiger partial charge in [0, 0.05) is 4.91 Å². The van der Waals surface area contributed by atoms with Crippen LogP contribution in [-0.4, -0.2) is 5.69 Å². The molecule has 0 bridgehead atoms. The molecule has 0 aromatic rings. The van der Waals surface area contributed by atoms with E-state index in [4.69, 9.17) is 17.1 Å². The summed E-state index contributed by atoms with van der Waals surface area (Å²) in [5, 5.41) is 2.84. The average Bonchev–Trinajstić information content (AvgIpc) is 1.68. The number of halogens is 1. The molecule has 0 amide bonds. The Bertz CT molecular complexity index is 87.7. The molecular formula is CH3ClN4O. The zero-order chi connectivity index (χ0) is 5.70. The third-order valence-electron chi connectivity index (χ3n) is 0.255. The molecule has 0 saturated heterocycles. The number of alkyl halides is 1. The molecule has 0 rings (SSSR count). The molecule has 40 valence electrons. The number of hydrogen-bond donors (Lipinski definition) is 1. The van der Waals surface area contributed by atoms with Crippen LogP contribution in [0.5, 0.6) is 0 Å². The van der Waals surface area contributed by atoms with Gasteiger partial charge in [0.25, 0.3) is 0 Å². The van der Waals surface area contributed by atoms with Gasteiger partial charge < -0.3 is 0 Å². The number of hydrogen-bond acceptors (Lipinski definition) is 3. The standard InChI is InChI=1S/CH3ClN4O/c2-1(7-4)5-6-3/h1H,4H2. The van der Waals surface area contributed by atoms with Gasteiger partial charge in [0.05, 0.1) is 0 Å². The average molecular weight is 123 g/mol. The van der Waals surface area contributed by atoms with Crippen molar-refractivity contribution >= 4 is 11.6 Å². The lowest BCUT2D eigenvalue weighted by atomic mass is 11.3. The third kappa shape index (κ3) is 3.35. The summed E-state index contributed by atoms with van der Waals surface area (Å²) in [5.74, 6) is 4.46. The first-order chi connectivity index (χ1) is 3.31. The van der Waals surface area contributed by atoms with Crippen LogP contribution >= 0.6 is 11.6 Å². The molecule has 0 aliphatic carbocycles. The van der Waals surface area contributed by atoms with Crippen molar-refractivity contribution in [3.05, 3.63) is 10.4 Å². The molecule has 0 fully saturated rings. The number of rotatable bonds is 2. The molecule has 5 nitrogen and oxygen atoms in total. The van der Waals surface area contributed by atoms with E-state index in [2.05, 4.69) is 20.8 Å². The molecule has 0 aliphatic rings. The van der Waals surface area contributed by atoms with Crippen molar-refractivity contribution in [1.82, 2.24) is 0 Å². The maximum Gasteiger partial charge on any atom is 0.230 e. The highest BCUT2D eigenvalue weighted by atomic mass is 35.5. The third-order valence-corrected chi connectivity index (χ3v) is 0.445. The minimum Gasteiger partial charge on any atom is -0.279 e. The molecule has 0 aliphatic heterocycles. The van der Waals surface area contributed by atoms with Gasteiger partial charge in [-0.2, -0.15) is 0 Å². The Kier molecular flexibility index (Phi) is 3.45. The van der Waals surface area contributed by atoms with Gasteiger partial charge in [0.1, 0.15) is 0 Å². The number of azide groups is 1. The molecule has 0 spiro atoms. The van der Waals surface area contributed by atoms with Crippen LogP contribution in [0.2, 0.25) is 0 Å². The Hall–Kier alpha value is -0.480. The van der Waals surface area contributed by atoms with E-state index >= 15 is 0 Å². The Morgan fingerprint density at radius 1 is 2.00 bits per heavy atom. The Morgan fingerprint density at radius 2 is 2.57 bits per heavy atom. The lowest BCUT2D eigenvalue weighted by molar-refractivity contribution is 0.115. The van der Waals surface area contributed by atoms with Crippen molar-refractivity contribution in [3.8, 4) is 0 Å². The van der Waals surface area contributed by atoms with Crippen LogP contribution in [0, 0.1) is 0 Å². The van der Waals surface area contributed by atoms with E-state index < -0.39 is 5.69 Å². The maximum atomic E-state index is 7.61. The SMILES string of the molecule is [N-]=[N+]=NC(Cl)ON. The lowest BCUT2D eigenvalue weighted by Crippen LogP contribution is -2.05. The first kappa shape index (κ1) is 6.52. The number of nitrogens with two attached hydrogens (primary N) is 1. The predicted molar refractivity (Wildman–Crippen MR) is 24.1 cm³/mol. The normalized spacial score (nSPS) is 12.3. The molecule has 6 heteroatoms. The van der Waals surface area contributed by atoms with Gasteiger partial charge in [-0.25, -0.2) is 5.90 Å². The minimum atomic E-state index is -1.09. The molecule has 1 unspecified atom stereocenters.